The van der Waals surface area contributed by atoms with Crippen LogP contribution in [0.3, 0.4) is 0 Å². The van der Waals surface area contributed by atoms with Gasteiger partial charge >= 0.3 is 0 Å². The highest BCUT2D eigenvalue weighted by Crippen LogP contribution is 2.29. The van der Waals surface area contributed by atoms with Crippen molar-refractivity contribution in [3.05, 3.63) is 18.1 Å². The van der Waals surface area contributed by atoms with Gasteiger partial charge in [-0.2, -0.15) is 0 Å². The van der Waals surface area contributed by atoms with Gasteiger partial charge in [-0.15, -0.1) is 11.8 Å². The molecular weight excluding hydrogens is 236 g/mol. The molecule has 1 atom stereocenters. The molecule has 2 rings (SSSR count). The molecule has 17 heavy (non-hydrogen) atoms. The van der Waals surface area contributed by atoms with Crippen molar-refractivity contribution in [2.75, 3.05) is 5.75 Å². The zero-order chi connectivity index (χ0) is 12.5. The van der Waals surface area contributed by atoms with Crippen LogP contribution in [-0.4, -0.2) is 23.2 Å². The SMILES string of the molecule is Cc1occc1SCC(C)(NC1CC1)C(N)=O. The van der Waals surface area contributed by atoms with Crippen LogP contribution in [0.5, 0.6) is 0 Å². The highest BCUT2D eigenvalue weighted by atomic mass is 32.2. The predicted molar refractivity (Wildman–Crippen MR) is 67.9 cm³/mol. The normalized spacial score (nSPS) is 18.9. The van der Waals surface area contributed by atoms with Crippen LogP contribution in [0.2, 0.25) is 0 Å². The highest BCUT2D eigenvalue weighted by Gasteiger charge is 2.37. The molecule has 0 aromatic carbocycles. The first-order valence-electron chi connectivity index (χ1n) is 5.76. The zero-order valence-corrected chi connectivity index (χ0v) is 11.0. The van der Waals surface area contributed by atoms with E-state index in [0.29, 0.717) is 11.8 Å². The Labute approximate surface area is 105 Å². The molecule has 4 nitrogen and oxygen atoms in total. The van der Waals surface area contributed by atoms with Crippen molar-refractivity contribution in [2.45, 2.75) is 43.2 Å². The van der Waals surface area contributed by atoms with Crippen molar-refractivity contribution in [1.29, 1.82) is 0 Å². The fourth-order valence-corrected chi connectivity index (χ4v) is 2.68. The third-order valence-electron chi connectivity index (χ3n) is 2.97. The van der Waals surface area contributed by atoms with E-state index in [0.717, 1.165) is 23.5 Å². The summed E-state index contributed by atoms with van der Waals surface area (Å²) in [5.74, 6) is 1.21. The van der Waals surface area contributed by atoms with Crippen LogP contribution in [0.4, 0.5) is 0 Å². The minimum atomic E-state index is -0.643. The molecule has 0 aliphatic heterocycles. The lowest BCUT2D eigenvalue weighted by Crippen LogP contribution is -2.55. The Balaban J connectivity index is 1.97. The summed E-state index contributed by atoms with van der Waals surface area (Å²) < 4.78 is 5.23. The van der Waals surface area contributed by atoms with Crippen molar-refractivity contribution in [2.24, 2.45) is 5.73 Å². The fraction of sp³-hybridized carbons (Fsp3) is 0.583. The second-order valence-corrected chi connectivity index (χ2v) is 5.76. The average molecular weight is 254 g/mol. The average Bonchev–Trinajstić information content (AvgIpc) is 2.97. The first-order chi connectivity index (χ1) is 8.01. The molecule has 1 unspecified atom stereocenters. The summed E-state index contributed by atoms with van der Waals surface area (Å²) in [4.78, 5) is 12.6. The molecule has 0 radical (unpaired) electrons. The molecule has 0 bridgehead atoms. The second-order valence-electron chi connectivity index (χ2n) is 4.74. The molecule has 1 aliphatic carbocycles. The van der Waals surface area contributed by atoms with Crippen LogP contribution in [0.25, 0.3) is 0 Å². The Hall–Kier alpha value is -0.940. The summed E-state index contributed by atoms with van der Waals surface area (Å²) in [5, 5.41) is 3.32. The molecule has 1 heterocycles. The number of thioether (sulfide) groups is 1. The smallest absolute Gasteiger partial charge is 0.238 e. The molecule has 0 saturated heterocycles. The van der Waals surface area contributed by atoms with E-state index < -0.39 is 5.54 Å². The standard InChI is InChI=1S/C12H18N2O2S/c1-8-10(5-6-16-8)17-7-12(2,11(13)15)14-9-3-4-9/h5-6,9,14H,3-4,7H2,1-2H3,(H2,13,15). The lowest BCUT2D eigenvalue weighted by Gasteiger charge is -2.27. The number of furan rings is 1. The zero-order valence-electron chi connectivity index (χ0n) is 10.2. The van der Waals surface area contributed by atoms with Crippen LogP contribution in [0.1, 0.15) is 25.5 Å². The van der Waals surface area contributed by atoms with Crippen LogP contribution in [0.15, 0.2) is 21.6 Å². The van der Waals surface area contributed by atoms with Crippen molar-refractivity contribution >= 4 is 17.7 Å². The summed E-state index contributed by atoms with van der Waals surface area (Å²) in [6, 6.07) is 2.37. The number of hydrogen-bond acceptors (Lipinski definition) is 4. The number of carbonyl (C=O) groups is 1. The number of rotatable bonds is 6. The molecule has 1 aromatic heterocycles. The summed E-state index contributed by atoms with van der Waals surface area (Å²) >= 11 is 1.60. The number of nitrogens with one attached hydrogen (secondary N) is 1. The third kappa shape index (κ3) is 3.04. The Bertz CT molecular complexity index is 414. The van der Waals surface area contributed by atoms with E-state index in [9.17, 15) is 4.79 Å². The van der Waals surface area contributed by atoms with Gasteiger partial charge in [0, 0.05) is 16.7 Å². The van der Waals surface area contributed by atoms with Gasteiger partial charge in [0.05, 0.1) is 6.26 Å². The lowest BCUT2D eigenvalue weighted by atomic mass is 10.1. The van der Waals surface area contributed by atoms with Gasteiger partial charge in [-0.1, -0.05) is 0 Å². The number of primary amides is 1. The van der Waals surface area contributed by atoms with Gasteiger partial charge in [-0.05, 0) is 32.8 Å². The maximum Gasteiger partial charge on any atom is 0.238 e. The van der Waals surface area contributed by atoms with Crippen LogP contribution in [-0.2, 0) is 4.79 Å². The lowest BCUT2D eigenvalue weighted by molar-refractivity contribution is -0.123. The predicted octanol–water partition coefficient (Wildman–Crippen LogP) is 1.68. The second kappa shape index (κ2) is 4.74. The minimum Gasteiger partial charge on any atom is -0.468 e. The van der Waals surface area contributed by atoms with E-state index >= 15 is 0 Å². The van der Waals surface area contributed by atoms with Gasteiger partial charge in [-0.25, -0.2) is 0 Å². The van der Waals surface area contributed by atoms with Crippen molar-refractivity contribution in [3.8, 4) is 0 Å². The van der Waals surface area contributed by atoms with Crippen molar-refractivity contribution in [1.82, 2.24) is 5.32 Å². The number of amides is 1. The van der Waals surface area contributed by atoms with E-state index in [1.807, 2.05) is 19.9 Å². The van der Waals surface area contributed by atoms with Gasteiger partial charge in [-0.3, -0.25) is 4.79 Å². The van der Waals surface area contributed by atoms with Crippen LogP contribution < -0.4 is 11.1 Å². The number of carbonyl (C=O) groups excluding carboxylic acids is 1. The minimum absolute atomic E-state index is 0.293. The first-order valence-corrected chi connectivity index (χ1v) is 6.74. The van der Waals surface area contributed by atoms with Gasteiger partial charge < -0.3 is 15.5 Å². The maximum absolute atomic E-state index is 11.6. The molecule has 1 amide bonds. The molecule has 3 N–H and O–H groups in total. The molecule has 1 aliphatic rings. The van der Waals surface area contributed by atoms with E-state index in [1.165, 1.54) is 0 Å². The summed E-state index contributed by atoms with van der Waals surface area (Å²) in [5.41, 5.74) is 4.84. The first kappa shape index (κ1) is 12.5. The van der Waals surface area contributed by atoms with E-state index in [4.69, 9.17) is 10.2 Å². The Morgan fingerprint density at radius 3 is 2.88 bits per heavy atom. The molecule has 1 saturated carbocycles. The summed E-state index contributed by atoms with van der Waals surface area (Å²) in [6.07, 6.45) is 3.93. The van der Waals surface area contributed by atoms with Gasteiger partial charge in [0.2, 0.25) is 5.91 Å². The van der Waals surface area contributed by atoms with E-state index in [-0.39, 0.29) is 5.91 Å². The van der Waals surface area contributed by atoms with E-state index in [1.54, 1.807) is 18.0 Å². The quantitative estimate of drug-likeness (QED) is 0.758. The molecule has 94 valence electrons. The summed E-state index contributed by atoms with van der Waals surface area (Å²) in [7, 11) is 0. The number of aryl methyl sites for hydroxylation is 1. The molecule has 0 spiro atoms. The summed E-state index contributed by atoms with van der Waals surface area (Å²) in [6.45, 7) is 3.79. The van der Waals surface area contributed by atoms with Crippen LogP contribution in [0, 0.1) is 6.92 Å². The number of nitrogens with two attached hydrogens (primary N) is 1. The molecule has 1 aromatic rings. The van der Waals surface area contributed by atoms with Gasteiger partial charge in [0.15, 0.2) is 0 Å². The largest absolute Gasteiger partial charge is 0.468 e. The Kier molecular flexibility index (Phi) is 3.49. The van der Waals surface area contributed by atoms with Gasteiger partial charge in [0.25, 0.3) is 0 Å². The topological polar surface area (TPSA) is 68.3 Å². The molecule has 5 heteroatoms. The number of hydrogen-bond donors (Lipinski definition) is 2. The fourth-order valence-electron chi connectivity index (χ4n) is 1.61. The van der Waals surface area contributed by atoms with Crippen LogP contribution >= 0.6 is 11.8 Å². The molecular formula is C12H18N2O2S. The Morgan fingerprint density at radius 2 is 2.41 bits per heavy atom. The highest BCUT2D eigenvalue weighted by molar-refractivity contribution is 7.99. The molecule has 1 fully saturated rings. The van der Waals surface area contributed by atoms with Crippen molar-refractivity contribution in [3.63, 3.8) is 0 Å². The van der Waals surface area contributed by atoms with Gasteiger partial charge in [0.1, 0.15) is 11.3 Å². The monoisotopic (exact) mass is 254 g/mol. The Morgan fingerprint density at radius 1 is 1.71 bits per heavy atom. The van der Waals surface area contributed by atoms with Crippen molar-refractivity contribution < 1.29 is 9.21 Å². The van der Waals surface area contributed by atoms with E-state index in [2.05, 4.69) is 5.32 Å². The third-order valence-corrected chi connectivity index (χ3v) is 4.43. The maximum atomic E-state index is 11.6.